The number of rotatable bonds is 7. The van der Waals surface area contributed by atoms with Crippen LogP contribution in [0.3, 0.4) is 0 Å². The molecule has 0 aliphatic heterocycles. The Bertz CT molecular complexity index is 1190. The van der Waals surface area contributed by atoms with E-state index in [2.05, 4.69) is 10.3 Å². The van der Waals surface area contributed by atoms with E-state index in [0.717, 1.165) is 28.1 Å². The minimum absolute atomic E-state index is 0.166. The Morgan fingerprint density at radius 3 is 2.34 bits per heavy atom. The maximum Gasteiger partial charge on any atom is 0.229 e. The van der Waals surface area contributed by atoms with Crippen LogP contribution in [0.1, 0.15) is 16.8 Å². The van der Waals surface area contributed by atoms with Gasteiger partial charge >= 0.3 is 0 Å². The van der Waals surface area contributed by atoms with Crippen molar-refractivity contribution in [1.82, 2.24) is 9.97 Å². The number of aromatic hydroxyl groups is 1. The van der Waals surface area contributed by atoms with E-state index in [1.807, 2.05) is 54.6 Å². The number of carbonyl (C=O) groups excluding carboxylic acids is 1. The van der Waals surface area contributed by atoms with Gasteiger partial charge in [0.05, 0.1) is 31.1 Å². The van der Waals surface area contributed by atoms with Gasteiger partial charge in [0.15, 0.2) is 5.82 Å². The molecule has 32 heavy (non-hydrogen) atoms. The summed E-state index contributed by atoms with van der Waals surface area (Å²) in [7, 11) is 1.63. The molecule has 0 unspecified atom stereocenters. The molecule has 0 aliphatic rings. The van der Waals surface area contributed by atoms with E-state index >= 15 is 0 Å². The first-order valence-corrected chi connectivity index (χ1v) is 10.2. The zero-order chi connectivity index (χ0) is 22.3. The van der Waals surface area contributed by atoms with E-state index in [1.165, 1.54) is 0 Å². The van der Waals surface area contributed by atoms with Crippen molar-refractivity contribution in [3.8, 4) is 22.8 Å². The molecule has 0 saturated heterocycles. The molecule has 6 nitrogen and oxygen atoms in total. The molecule has 4 aromatic rings. The molecule has 160 valence electrons. The summed E-state index contributed by atoms with van der Waals surface area (Å²) in [4.78, 5) is 22.0. The van der Waals surface area contributed by atoms with Crippen molar-refractivity contribution in [1.29, 1.82) is 0 Å². The highest BCUT2D eigenvalue weighted by Crippen LogP contribution is 2.24. The van der Waals surface area contributed by atoms with Gasteiger partial charge in [0, 0.05) is 12.0 Å². The molecule has 0 spiro atoms. The molecular formula is C26H23N3O3. The number of nitrogens with zero attached hydrogens (tertiary/aromatic N) is 2. The fourth-order valence-corrected chi connectivity index (χ4v) is 3.32. The Labute approximate surface area is 186 Å². The van der Waals surface area contributed by atoms with Gasteiger partial charge in [-0.25, -0.2) is 9.97 Å². The SMILES string of the molecule is COc1ccc(-c2cnc(NC(=O)Cc3ccc(O)cc3)c(Cc3ccccc3)n2)cc1. The van der Waals surface area contributed by atoms with E-state index in [9.17, 15) is 9.90 Å². The second-order valence-corrected chi connectivity index (χ2v) is 7.33. The third-order valence-electron chi connectivity index (χ3n) is 5.00. The van der Waals surface area contributed by atoms with Gasteiger partial charge in [-0.05, 0) is 47.5 Å². The molecular weight excluding hydrogens is 402 g/mol. The zero-order valence-corrected chi connectivity index (χ0v) is 17.7. The van der Waals surface area contributed by atoms with Crippen LogP contribution in [0, 0.1) is 0 Å². The Balaban J connectivity index is 1.60. The minimum atomic E-state index is -0.198. The topological polar surface area (TPSA) is 84.3 Å². The van der Waals surface area contributed by atoms with Crippen molar-refractivity contribution in [2.45, 2.75) is 12.8 Å². The molecule has 0 atom stereocenters. The van der Waals surface area contributed by atoms with Gasteiger partial charge in [0.2, 0.25) is 5.91 Å². The molecule has 0 aliphatic carbocycles. The number of aromatic nitrogens is 2. The first-order valence-electron chi connectivity index (χ1n) is 10.2. The number of benzene rings is 3. The predicted molar refractivity (Wildman–Crippen MR) is 124 cm³/mol. The maximum absolute atomic E-state index is 12.6. The quantitative estimate of drug-likeness (QED) is 0.451. The lowest BCUT2D eigenvalue weighted by Crippen LogP contribution is -2.17. The van der Waals surface area contributed by atoms with Crippen molar-refractivity contribution in [3.63, 3.8) is 0 Å². The number of hydrogen-bond acceptors (Lipinski definition) is 5. The molecule has 0 radical (unpaired) electrons. The lowest BCUT2D eigenvalue weighted by Gasteiger charge is -2.12. The Morgan fingerprint density at radius 2 is 1.66 bits per heavy atom. The zero-order valence-electron chi connectivity index (χ0n) is 17.7. The van der Waals surface area contributed by atoms with Crippen LogP contribution in [0.2, 0.25) is 0 Å². The summed E-state index contributed by atoms with van der Waals surface area (Å²) in [6, 6.07) is 24.1. The Hall–Kier alpha value is -4.19. The first-order chi connectivity index (χ1) is 15.6. The van der Waals surface area contributed by atoms with Crippen LogP contribution in [-0.4, -0.2) is 28.1 Å². The summed E-state index contributed by atoms with van der Waals surface area (Å²) in [6.07, 6.45) is 2.37. The molecule has 4 rings (SSSR count). The standard InChI is InChI=1S/C26H23N3O3/c1-32-22-13-9-20(10-14-22)24-17-27-26(23(28-24)15-18-5-3-2-4-6-18)29-25(31)16-19-7-11-21(30)12-8-19/h2-14,17,30H,15-16H2,1H3,(H,27,29,31). The van der Waals surface area contributed by atoms with E-state index < -0.39 is 0 Å². The van der Waals surface area contributed by atoms with Crippen LogP contribution in [0.25, 0.3) is 11.3 Å². The maximum atomic E-state index is 12.6. The molecule has 3 aromatic carbocycles. The third kappa shape index (κ3) is 5.29. The van der Waals surface area contributed by atoms with E-state index in [4.69, 9.17) is 9.72 Å². The molecule has 6 heteroatoms. The van der Waals surface area contributed by atoms with Crippen LogP contribution in [-0.2, 0) is 17.6 Å². The van der Waals surface area contributed by atoms with Crippen molar-refractivity contribution in [3.05, 3.63) is 102 Å². The number of nitrogens with one attached hydrogen (secondary N) is 1. The predicted octanol–water partition coefficient (Wildman–Crippen LogP) is 4.63. The average molecular weight is 425 g/mol. The van der Waals surface area contributed by atoms with Crippen LogP contribution in [0.4, 0.5) is 5.82 Å². The summed E-state index contributed by atoms with van der Waals surface area (Å²) in [5, 5.41) is 12.3. The number of ether oxygens (including phenoxy) is 1. The summed E-state index contributed by atoms with van der Waals surface area (Å²) < 4.78 is 5.23. The van der Waals surface area contributed by atoms with Crippen molar-refractivity contribution in [2.75, 3.05) is 12.4 Å². The lowest BCUT2D eigenvalue weighted by molar-refractivity contribution is -0.115. The fraction of sp³-hybridized carbons (Fsp3) is 0.115. The average Bonchev–Trinajstić information content (AvgIpc) is 2.82. The van der Waals surface area contributed by atoms with Gasteiger partial charge < -0.3 is 15.2 Å². The van der Waals surface area contributed by atoms with E-state index in [0.29, 0.717) is 17.9 Å². The third-order valence-corrected chi connectivity index (χ3v) is 5.00. The molecule has 1 heterocycles. The Kier molecular flexibility index (Phi) is 6.41. The second kappa shape index (κ2) is 9.75. The highest BCUT2D eigenvalue weighted by molar-refractivity contribution is 5.92. The molecule has 1 aromatic heterocycles. The summed E-state index contributed by atoms with van der Waals surface area (Å²) >= 11 is 0. The van der Waals surface area contributed by atoms with Crippen LogP contribution >= 0.6 is 0 Å². The number of methoxy groups -OCH3 is 1. The van der Waals surface area contributed by atoms with Gasteiger partial charge in [-0.3, -0.25) is 4.79 Å². The summed E-state index contributed by atoms with van der Waals surface area (Å²) in [6.45, 7) is 0. The van der Waals surface area contributed by atoms with Gasteiger partial charge in [0.1, 0.15) is 11.5 Å². The number of anilines is 1. The van der Waals surface area contributed by atoms with Crippen LogP contribution in [0.15, 0.2) is 85.1 Å². The van der Waals surface area contributed by atoms with E-state index in [1.54, 1.807) is 37.6 Å². The monoisotopic (exact) mass is 425 g/mol. The normalized spacial score (nSPS) is 10.5. The number of hydrogen-bond donors (Lipinski definition) is 2. The number of phenolic OH excluding ortho intramolecular Hbond substituents is 1. The summed E-state index contributed by atoms with van der Waals surface area (Å²) in [5.74, 6) is 1.18. The highest BCUT2D eigenvalue weighted by Gasteiger charge is 2.13. The second-order valence-electron chi connectivity index (χ2n) is 7.33. The van der Waals surface area contributed by atoms with Crippen molar-refractivity contribution in [2.24, 2.45) is 0 Å². The van der Waals surface area contributed by atoms with Gasteiger partial charge in [-0.15, -0.1) is 0 Å². The molecule has 0 fully saturated rings. The first kappa shape index (κ1) is 21.1. The number of phenols is 1. The number of carbonyl (C=O) groups is 1. The summed E-state index contributed by atoms with van der Waals surface area (Å²) in [5.41, 5.74) is 4.18. The van der Waals surface area contributed by atoms with Crippen molar-refractivity contribution < 1.29 is 14.6 Å². The van der Waals surface area contributed by atoms with Gasteiger partial charge in [-0.2, -0.15) is 0 Å². The van der Waals surface area contributed by atoms with Gasteiger partial charge in [0.25, 0.3) is 0 Å². The van der Waals surface area contributed by atoms with E-state index in [-0.39, 0.29) is 18.1 Å². The van der Waals surface area contributed by atoms with Crippen LogP contribution in [0.5, 0.6) is 11.5 Å². The van der Waals surface area contributed by atoms with Gasteiger partial charge in [-0.1, -0.05) is 42.5 Å². The minimum Gasteiger partial charge on any atom is -0.508 e. The molecule has 2 N–H and O–H groups in total. The lowest BCUT2D eigenvalue weighted by atomic mass is 10.1. The smallest absolute Gasteiger partial charge is 0.229 e. The van der Waals surface area contributed by atoms with Crippen LogP contribution < -0.4 is 10.1 Å². The highest BCUT2D eigenvalue weighted by atomic mass is 16.5. The molecule has 0 saturated carbocycles. The molecule has 1 amide bonds. The Morgan fingerprint density at radius 1 is 0.938 bits per heavy atom. The van der Waals surface area contributed by atoms with Crippen molar-refractivity contribution >= 4 is 11.7 Å². The largest absolute Gasteiger partial charge is 0.508 e. The fourth-order valence-electron chi connectivity index (χ4n) is 3.32. The number of amides is 1. The molecule has 0 bridgehead atoms.